The van der Waals surface area contributed by atoms with Crippen LogP contribution >= 0.6 is 11.6 Å². The van der Waals surface area contributed by atoms with E-state index in [-0.39, 0.29) is 30.5 Å². The van der Waals surface area contributed by atoms with Gasteiger partial charge in [0.1, 0.15) is 6.61 Å². The number of carbonyl (C=O) groups is 3. The number of hydrogen-bond donors (Lipinski definition) is 1. The van der Waals surface area contributed by atoms with Gasteiger partial charge in [0.25, 0.3) is 0 Å². The van der Waals surface area contributed by atoms with E-state index in [1.54, 1.807) is 17.0 Å². The predicted molar refractivity (Wildman–Crippen MR) is 132 cm³/mol. The number of nitrogens with two attached hydrogens (primary N) is 1. The van der Waals surface area contributed by atoms with Crippen LogP contribution in [-0.4, -0.2) is 65.4 Å². The average Bonchev–Trinajstić information content (AvgIpc) is 3.29. The van der Waals surface area contributed by atoms with Gasteiger partial charge in [-0.2, -0.15) is 0 Å². The number of ether oxygens (including phenoxy) is 1. The molecule has 2 aliphatic rings. The molecule has 2 fully saturated rings. The lowest BCUT2D eigenvalue weighted by atomic mass is 9.87. The van der Waals surface area contributed by atoms with Crippen LogP contribution in [0.5, 0.6) is 0 Å². The van der Waals surface area contributed by atoms with Crippen molar-refractivity contribution in [3.05, 3.63) is 34.9 Å². The minimum atomic E-state index is -0.828. The Hall–Kier alpha value is -2.12. The maximum absolute atomic E-state index is 13.7. The first-order chi connectivity index (χ1) is 16.1. The lowest BCUT2D eigenvalue weighted by molar-refractivity contribution is -0.155. The summed E-state index contributed by atoms with van der Waals surface area (Å²) in [6.45, 7) is 6.12. The van der Waals surface area contributed by atoms with Gasteiger partial charge in [0.15, 0.2) is 0 Å². The highest BCUT2D eigenvalue weighted by molar-refractivity contribution is 6.30. The van der Waals surface area contributed by atoms with E-state index in [2.05, 4.69) is 0 Å². The molecule has 34 heavy (non-hydrogen) atoms. The van der Waals surface area contributed by atoms with E-state index in [1.165, 1.54) is 13.3 Å². The first-order valence-corrected chi connectivity index (χ1v) is 12.7. The van der Waals surface area contributed by atoms with Gasteiger partial charge in [-0.15, -0.1) is 0 Å². The molecule has 188 valence electrons. The number of esters is 1. The Morgan fingerprint density at radius 2 is 1.76 bits per heavy atom. The normalized spacial score (nSPS) is 20.1. The third-order valence-corrected chi connectivity index (χ3v) is 7.22. The van der Waals surface area contributed by atoms with E-state index in [9.17, 15) is 14.4 Å². The smallest absolute Gasteiger partial charge is 0.302 e. The molecule has 2 atom stereocenters. The molecule has 0 bridgehead atoms. The van der Waals surface area contributed by atoms with Crippen LogP contribution in [0, 0.1) is 5.41 Å². The van der Waals surface area contributed by atoms with Gasteiger partial charge in [0.05, 0.1) is 17.5 Å². The molecule has 0 spiro atoms. The molecule has 1 aromatic carbocycles. The molecule has 1 aromatic rings. The second-order valence-electron chi connectivity index (χ2n) is 10.3. The van der Waals surface area contributed by atoms with Crippen molar-refractivity contribution in [2.24, 2.45) is 11.1 Å². The summed E-state index contributed by atoms with van der Waals surface area (Å²) in [6.07, 6.45) is 6.49. The molecule has 2 amide bonds. The molecule has 1 saturated heterocycles. The minimum Gasteiger partial charge on any atom is -0.465 e. The molecular formula is C26H38ClN3O4. The predicted octanol–water partition coefficient (Wildman–Crippen LogP) is 3.56. The summed E-state index contributed by atoms with van der Waals surface area (Å²) in [7, 11) is 0. The number of nitrogens with zero attached hydrogens (tertiary/aromatic N) is 2. The monoisotopic (exact) mass is 491 g/mol. The van der Waals surface area contributed by atoms with Crippen LogP contribution in [0.15, 0.2) is 24.3 Å². The van der Waals surface area contributed by atoms with E-state index in [0.717, 1.165) is 37.7 Å². The molecule has 1 saturated carbocycles. The fourth-order valence-electron chi connectivity index (χ4n) is 5.05. The zero-order chi connectivity index (χ0) is 24.9. The number of likely N-dealkylation sites (tertiary alicyclic amines) is 1. The Labute approximate surface area is 207 Å². The maximum atomic E-state index is 13.7. The summed E-state index contributed by atoms with van der Waals surface area (Å²) in [5, 5.41) is 0.648. The van der Waals surface area contributed by atoms with Crippen molar-refractivity contribution >= 4 is 29.4 Å². The number of benzene rings is 1. The zero-order valence-electron chi connectivity index (χ0n) is 20.6. The van der Waals surface area contributed by atoms with Gasteiger partial charge in [0, 0.05) is 31.1 Å². The Morgan fingerprint density at radius 3 is 2.38 bits per heavy atom. The van der Waals surface area contributed by atoms with Crippen molar-refractivity contribution in [3.63, 3.8) is 0 Å². The van der Waals surface area contributed by atoms with E-state index in [0.29, 0.717) is 24.5 Å². The van der Waals surface area contributed by atoms with E-state index in [4.69, 9.17) is 22.1 Å². The first kappa shape index (κ1) is 26.5. The van der Waals surface area contributed by atoms with Crippen LogP contribution in [0.2, 0.25) is 5.02 Å². The summed E-state index contributed by atoms with van der Waals surface area (Å²) in [4.78, 5) is 42.0. The SMILES string of the molecule is CC(=O)OCC(C)(C)C(=O)N(C1CCCCC1)[C@H]1CCN(C(=O)[C@H](N)Cc2ccc(Cl)cc2)C1. The molecule has 1 aliphatic heterocycles. The van der Waals surface area contributed by atoms with Crippen molar-refractivity contribution in [3.8, 4) is 0 Å². The third kappa shape index (κ3) is 6.72. The number of halogens is 1. The maximum Gasteiger partial charge on any atom is 0.302 e. The minimum absolute atomic E-state index is 0.00888. The molecule has 0 aromatic heterocycles. The van der Waals surface area contributed by atoms with Crippen molar-refractivity contribution in [2.45, 2.75) is 83.8 Å². The topological polar surface area (TPSA) is 92.9 Å². The van der Waals surface area contributed by atoms with Gasteiger partial charge in [-0.25, -0.2) is 0 Å². The Bertz CT molecular complexity index is 867. The van der Waals surface area contributed by atoms with Crippen LogP contribution in [0.4, 0.5) is 0 Å². The molecule has 2 N–H and O–H groups in total. The van der Waals surface area contributed by atoms with Gasteiger partial charge in [-0.1, -0.05) is 43.0 Å². The number of carbonyl (C=O) groups excluding carboxylic acids is 3. The Kier molecular flexibility index (Phi) is 8.99. The molecule has 1 heterocycles. The average molecular weight is 492 g/mol. The van der Waals surface area contributed by atoms with Gasteiger partial charge in [0.2, 0.25) is 11.8 Å². The van der Waals surface area contributed by atoms with Crippen molar-refractivity contribution in [1.82, 2.24) is 9.80 Å². The number of amides is 2. The van der Waals surface area contributed by atoms with Crippen molar-refractivity contribution in [1.29, 1.82) is 0 Å². The van der Waals surface area contributed by atoms with Gasteiger partial charge < -0.3 is 20.3 Å². The highest BCUT2D eigenvalue weighted by Crippen LogP contribution is 2.32. The van der Waals surface area contributed by atoms with E-state index in [1.807, 2.05) is 30.9 Å². The number of hydrogen-bond acceptors (Lipinski definition) is 5. The lowest BCUT2D eigenvalue weighted by Crippen LogP contribution is -2.55. The quantitative estimate of drug-likeness (QED) is 0.561. The van der Waals surface area contributed by atoms with Gasteiger partial charge in [-0.3, -0.25) is 14.4 Å². The van der Waals surface area contributed by atoms with E-state index < -0.39 is 17.4 Å². The van der Waals surface area contributed by atoms with Gasteiger partial charge in [-0.05, 0) is 57.2 Å². The van der Waals surface area contributed by atoms with E-state index >= 15 is 0 Å². The van der Waals surface area contributed by atoms with Crippen LogP contribution in [-0.2, 0) is 25.5 Å². The molecule has 8 heteroatoms. The lowest BCUT2D eigenvalue weighted by Gasteiger charge is -2.42. The molecule has 0 unspecified atom stereocenters. The first-order valence-electron chi connectivity index (χ1n) is 12.3. The third-order valence-electron chi connectivity index (χ3n) is 6.97. The summed E-state index contributed by atoms with van der Waals surface area (Å²) in [5.74, 6) is -0.490. The largest absolute Gasteiger partial charge is 0.465 e. The summed E-state index contributed by atoms with van der Waals surface area (Å²) < 4.78 is 5.21. The second-order valence-corrected chi connectivity index (χ2v) is 10.8. The highest BCUT2D eigenvalue weighted by atomic mass is 35.5. The Morgan fingerprint density at radius 1 is 1.12 bits per heavy atom. The fraction of sp³-hybridized carbons (Fsp3) is 0.654. The zero-order valence-corrected chi connectivity index (χ0v) is 21.4. The summed E-state index contributed by atoms with van der Waals surface area (Å²) in [5.41, 5.74) is 6.41. The summed E-state index contributed by atoms with van der Waals surface area (Å²) in [6, 6.07) is 6.82. The molecule has 7 nitrogen and oxygen atoms in total. The van der Waals surface area contributed by atoms with Crippen LogP contribution in [0.25, 0.3) is 0 Å². The molecular weight excluding hydrogens is 454 g/mol. The standard InChI is InChI=1S/C26H38ClN3O4/c1-18(31)34-17-26(2,3)25(33)30(21-7-5-4-6-8-21)22-13-14-29(16-22)24(32)23(28)15-19-9-11-20(27)12-10-19/h9-12,21-23H,4-8,13-17,28H2,1-3H3/t22-,23+/m0/s1. The summed E-state index contributed by atoms with van der Waals surface area (Å²) >= 11 is 5.95. The molecule has 3 rings (SSSR count). The van der Waals surface area contributed by atoms with Crippen LogP contribution in [0.3, 0.4) is 0 Å². The molecule has 1 aliphatic carbocycles. The molecule has 0 radical (unpaired) electrons. The second kappa shape index (κ2) is 11.5. The Balaban J connectivity index is 1.69. The van der Waals surface area contributed by atoms with Crippen LogP contribution in [0.1, 0.15) is 64.9 Å². The van der Waals surface area contributed by atoms with Crippen molar-refractivity contribution < 1.29 is 19.1 Å². The fourth-order valence-corrected chi connectivity index (χ4v) is 5.17. The van der Waals surface area contributed by atoms with Crippen LogP contribution < -0.4 is 5.73 Å². The number of rotatable bonds is 8. The highest BCUT2D eigenvalue weighted by Gasteiger charge is 2.43. The van der Waals surface area contributed by atoms with Crippen molar-refractivity contribution in [2.75, 3.05) is 19.7 Å². The van der Waals surface area contributed by atoms with Gasteiger partial charge >= 0.3 is 5.97 Å².